The second-order valence-corrected chi connectivity index (χ2v) is 5.62. The van der Waals surface area contributed by atoms with Gasteiger partial charge in [-0.3, -0.25) is 9.69 Å². The van der Waals surface area contributed by atoms with Gasteiger partial charge >= 0.3 is 6.03 Å². The van der Waals surface area contributed by atoms with Crippen molar-refractivity contribution in [1.29, 1.82) is 0 Å². The number of hydrogen-bond donors (Lipinski definition) is 0. The molecule has 2 fully saturated rings. The molecule has 0 aliphatic carbocycles. The number of likely N-dealkylation sites (N-methyl/N-ethyl adjacent to an activating group) is 2. The lowest BCUT2D eigenvalue weighted by Crippen LogP contribution is -2.76. The second-order valence-electron chi connectivity index (χ2n) is 5.62. The van der Waals surface area contributed by atoms with Crippen molar-refractivity contribution in [3.8, 4) is 5.75 Å². The molecular weight excluding hydrogens is 272 g/mol. The van der Waals surface area contributed by atoms with Crippen molar-refractivity contribution in [2.45, 2.75) is 24.7 Å². The highest BCUT2D eigenvalue weighted by molar-refractivity contribution is 6.02. The molecule has 6 heteroatoms. The second kappa shape index (κ2) is 4.46. The molecule has 0 N–H and O–H groups in total. The van der Waals surface area contributed by atoms with E-state index in [0.717, 1.165) is 16.2 Å². The molecule has 21 heavy (non-hydrogen) atoms. The number of amides is 3. The molecule has 112 valence electrons. The summed E-state index contributed by atoms with van der Waals surface area (Å²) >= 11 is 0. The van der Waals surface area contributed by atoms with Gasteiger partial charge in [-0.05, 0) is 24.6 Å². The van der Waals surface area contributed by atoms with E-state index in [0.29, 0.717) is 0 Å². The van der Waals surface area contributed by atoms with Crippen LogP contribution < -0.4 is 4.74 Å². The van der Waals surface area contributed by atoms with E-state index in [2.05, 4.69) is 0 Å². The number of carbonyl (C=O) groups excluding carboxylic acids is 2. The summed E-state index contributed by atoms with van der Waals surface area (Å²) in [6.07, 6.45) is -0.299. The van der Waals surface area contributed by atoms with E-state index in [1.54, 1.807) is 26.0 Å². The fourth-order valence-corrected chi connectivity index (χ4v) is 3.18. The quantitative estimate of drug-likeness (QED) is 0.826. The van der Waals surface area contributed by atoms with Crippen molar-refractivity contribution < 1.29 is 19.1 Å². The zero-order chi connectivity index (χ0) is 15.4. The molecule has 0 radical (unpaired) electrons. The van der Waals surface area contributed by atoms with Gasteiger partial charge in [0.05, 0.1) is 7.11 Å². The largest absolute Gasteiger partial charge is 0.497 e. The first-order valence-electron chi connectivity index (χ1n) is 6.77. The van der Waals surface area contributed by atoms with Crippen LogP contribution in [0.5, 0.6) is 5.75 Å². The minimum Gasteiger partial charge on any atom is -0.497 e. The summed E-state index contributed by atoms with van der Waals surface area (Å²) in [6.45, 7) is 1.74. The average molecular weight is 290 g/mol. The van der Waals surface area contributed by atoms with E-state index in [1.165, 1.54) is 7.05 Å². The number of methoxy groups -OCH3 is 1. The maximum Gasteiger partial charge on any atom is 0.326 e. The van der Waals surface area contributed by atoms with Crippen LogP contribution in [0.4, 0.5) is 4.79 Å². The van der Waals surface area contributed by atoms with Crippen molar-refractivity contribution in [3.63, 3.8) is 0 Å². The van der Waals surface area contributed by atoms with Crippen molar-refractivity contribution in [1.82, 2.24) is 9.80 Å². The monoisotopic (exact) mass is 290 g/mol. The first kappa shape index (κ1) is 13.9. The summed E-state index contributed by atoms with van der Waals surface area (Å²) < 4.78 is 11.0. The molecule has 2 aliphatic rings. The molecule has 1 aromatic carbocycles. The number of ether oxygens (including phenoxy) is 2. The minimum absolute atomic E-state index is 0.290. The summed E-state index contributed by atoms with van der Waals surface area (Å²) in [5.41, 5.74) is -0.0441. The van der Waals surface area contributed by atoms with Gasteiger partial charge in [0.1, 0.15) is 17.9 Å². The van der Waals surface area contributed by atoms with E-state index in [-0.39, 0.29) is 24.1 Å². The molecule has 0 bridgehead atoms. The lowest BCUT2D eigenvalue weighted by molar-refractivity contribution is -0.255. The number of fused-ring (bicyclic) bond motifs is 1. The Labute approximate surface area is 123 Å². The highest BCUT2D eigenvalue weighted by atomic mass is 16.6. The van der Waals surface area contributed by atoms with Gasteiger partial charge in [0, 0.05) is 14.1 Å². The van der Waals surface area contributed by atoms with Gasteiger partial charge in [0.15, 0.2) is 5.60 Å². The number of rotatable bonds is 2. The molecule has 6 nitrogen and oxygen atoms in total. The SMILES string of the molecule is COc1ccc([C@H]2O[C@@]3(C)C(=O)N(C)C(=O)N(C)[C@@H]23)cc1. The molecule has 3 rings (SSSR count). The molecule has 0 aromatic heterocycles. The van der Waals surface area contributed by atoms with Gasteiger partial charge in [-0.15, -0.1) is 0 Å². The van der Waals surface area contributed by atoms with Crippen molar-refractivity contribution in [3.05, 3.63) is 29.8 Å². The van der Waals surface area contributed by atoms with Crippen molar-refractivity contribution in [2.75, 3.05) is 21.2 Å². The lowest BCUT2D eigenvalue weighted by atomic mass is 9.78. The molecular formula is C15H18N2O4. The van der Waals surface area contributed by atoms with Gasteiger partial charge in [-0.2, -0.15) is 0 Å². The van der Waals surface area contributed by atoms with E-state index in [1.807, 2.05) is 24.3 Å². The third-order valence-corrected chi connectivity index (χ3v) is 4.40. The van der Waals surface area contributed by atoms with Crippen LogP contribution in [-0.4, -0.2) is 54.6 Å². The molecule has 0 unspecified atom stereocenters. The maximum atomic E-state index is 12.3. The summed E-state index contributed by atoms with van der Waals surface area (Å²) in [6, 6.07) is 6.88. The molecule has 2 saturated heterocycles. The molecule has 3 amide bonds. The number of urea groups is 1. The van der Waals surface area contributed by atoms with E-state index in [4.69, 9.17) is 9.47 Å². The van der Waals surface area contributed by atoms with Crippen LogP contribution in [0.3, 0.4) is 0 Å². The lowest BCUT2D eigenvalue weighted by Gasteiger charge is -2.58. The van der Waals surface area contributed by atoms with Crippen molar-refractivity contribution >= 4 is 11.9 Å². The summed E-state index contributed by atoms with van der Waals surface area (Å²) in [7, 11) is 4.79. The first-order chi connectivity index (χ1) is 9.90. The highest BCUT2D eigenvalue weighted by Gasteiger charge is 2.65. The van der Waals surface area contributed by atoms with Crippen LogP contribution in [-0.2, 0) is 9.53 Å². The topological polar surface area (TPSA) is 59.1 Å². The Morgan fingerprint density at radius 3 is 2.38 bits per heavy atom. The zero-order valence-corrected chi connectivity index (χ0v) is 12.5. The number of hydrogen-bond acceptors (Lipinski definition) is 4. The van der Waals surface area contributed by atoms with Gasteiger partial charge in [0.2, 0.25) is 0 Å². The fourth-order valence-electron chi connectivity index (χ4n) is 3.18. The number of imide groups is 1. The van der Waals surface area contributed by atoms with Crippen molar-refractivity contribution in [2.24, 2.45) is 0 Å². The Balaban J connectivity index is 1.91. The van der Waals surface area contributed by atoms with Gasteiger partial charge in [-0.25, -0.2) is 4.79 Å². The molecule has 2 heterocycles. The average Bonchev–Trinajstić information content (AvgIpc) is 2.49. The predicted molar refractivity (Wildman–Crippen MR) is 74.9 cm³/mol. The first-order valence-corrected chi connectivity index (χ1v) is 6.77. The van der Waals surface area contributed by atoms with Gasteiger partial charge < -0.3 is 14.4 Å². The Hall–Kier alpha value is -2.08. The van der Waals surface area contributed by atoms with Crippen LogP contribution in [0.15, 0.2) is 24.3 Å². The highest BCUT2D eigenvalue weighted by Crippen LogP contribution is 2.49. The smallest absolute Gasteiger partial charge is 0.326 e. The van der Waals surface area contributed by atoms with Gasteiger partial charge in [-0.1, -0.05) is 12.1 Å². The zero-order valence-electron chi connectivity index (χ0n) is 12.5. The van der Waals surface area contributed by atoms with Crippen LogP contribution in [0, 0.1) is 0 Å². The summed E-state index contributed by atoms with van der Waals surface area (Å²) in [5.74, 6) is 0.463. The van der Waals surface area contributed by atoms with Crippen LogP contribution >= 0.6 is 0 Å². The molecule has 3 atom stereocenters. The Morgan fingerprint density at radius 1 is 1.19 bits per heavy atom. The van der Waals surface area contributed by atoms with E-state index >= 15 is 0 Å². The predicted octanol–water partition coefficient (Wildman–Crippen LogP) is 1.42. The summed E-state index contributed by atoms with van der Waals surface area (Å²) in [4.78, 5) is 27.1. The standard InChI is InChI=1S/C15H18N2O4/c1-15-12(16(2)14(19)17(3)13(15)18)11(21-15)9-5-7-10(20-4)8-6-9/h5-8,11-12H,1-4H3/t11-,12+,15-/m1/s1. The molecule has 0 saturated carbocycles. The van der Waals surface area contributed by atoms with Crippen LogP contribution in [0.1, 0.15) is 18.6 Å². The number of benzene rings is 1. The molecule has 1 aromatic rings. The Bertz CT molecular complexity index is 600. The number of carbonyl (C=O) groups is 2. The minimum atomic E-state index is -0.970. The van der Waals surface area contributed by atoms with E-state index in [9.17, 15) is 9.59 Å². The number of nitrogens with zero attached hydrogens (tertiary/aromatic N) is 2. The van der Waals surface area contributed by atoms with Crippen LogP contribution in [0.25, 0.3) is 0 Å². The molecule has 0 spiro atoms. The molecule has 2 aliphatic heterocycles. The maximum absolute atomic E-state index is 12.3. The fraction of sp³-hybridized carbons (Fsp3) is 0.467. The van der Waals surface area contributed by atoms with E-state index < -0.39 is 5.60 Å². The van der Waals surface area contributed by atoms with Crippen LogP contribution in [0.2, 0.25) is 0 Å². The van der Waals surface area contributed by atoms with Gasteiger partial charge in [0.25, 0.3) is 5.91 Å². The Kier molecular flexibility index (Phi) is 2.95. The summed E-state index contributed by atoms with van der Waals surface area (Å²) in [5, 5.41) is 0. The Morgan fingerprint density at radius 2 is 1.81 bits per heavy atom. The third kappa shape index (κ3) is 1.75. The normalized spacial score (nSPS) is 31.8. The third-order valence-electron chi connectivity index (χ3n) is 4.40.